The Morgan fingerprint density at radius 2 is 1.79 bits per heavy atom. The SMILES string of the molecule is CCNC1CCC(N(C)Cc2ccc(Br)cc2)CC1. The highest BCUT2D eigenvalue weighted by Gasteiger charge is 2.23. The van der Waals surface area contributed by atoms with Crippen molar-refractivity contribution in [2.75, 3.05) is 13.6 Å². The highest BCUT2D eigenvalue weighted by Crippen LogP contribution is 2.23. The largest absolute Gasteiger partial charge is 0.314 e. The number of rotatable bonds is 5. The lowest BCUT2D eigenvalue weighted by Crippen LogP contribution is -2.40. The minimum atomic E-state index is 0.749. The molecule has 0 heterocycles. The van der Waals surface area contributed by atoms with Gasteiger partial charge in [0.1, 0.15) is 0 Å². The van der Waals surface area contributed by atoms with E-state index in [1.165, 1.54) is 31.2 Å². The van der Waals surface area contributed by atoms with Crippen LogP contribution in [0.2, 0.25) is 0 Å². The highest BCUT2D eigenvalue weighted by atomic mass is 79.9. The molecule has 0 aliphatic heterocycles. The van der Waals surface area contributed by atoms with Crippen molar-refractivity contribution in [3.8, 4) is 0 Å². The Bertz CT molecular complexity index is 369. The Hall–Kier alpha value is -0.380. The third-order valence-corrected chi connectivity index (χ3v) is 4.69. The van der Waals surface area contributed by atoms with Gasteiger partial charge >= 0.3 is 0 Å². The molecule has 19 heavy (non-hydrogen) atoms. The van der Waals surface area contributed by atoms with Crippen LogP contribution >= 0.6 is 15.9 Å². The van der Waals surface area contributed by atoms with Crippen molar-refractivity contribution in [3.63, 3.8) is 0 Å². The summed E-state index contributed by atoms with van der Waals surface area (Å²) in [6.07, 6.45) is 5.29. The molecule has 1 fully saturated rings. The third-order valence-electron chi connectivity index (χ3n) is 4.16. The van der Waals surface area contributed by atoms with E-state index in [1.54, 1.807) is 0 Å². The molecule has 2 nitrogen and oxygen atoms in total. The zero-order valence-electron chi connectivity index (χ0n) is 12.0. The van der Waals surface area contributed by atoms with Crippen molar-refractivity contribution in [3.05, 3.63) is 34.3 Å². The van der Waals surface area contributed by atoms with Gasteiger partial charge in [-0.3, -0.25) is 4.90 Å². The van der Waals surface area contributed by atoms with Crippen LogP contribution in [0.1, 0.15) is 38.2 Å². The maximum absolute atomic E-state index is 3.58. The number of benzene rings is 1. The van der Waals surface area contributed by atoms with Crippen LogP contribution in [0.15, 0.2) is 28.7 Å². The van der Waals surface area contributed by atoms with Gasteiger partial charge in [-0.1, -0.05) is 35.0 Å². The zero-order valence-corrected chi connectivity index (χ0v) is 13.6. The smallest absolute Gasteiger partial charge is 0.0233 e. The number of hydrogen-bond acceptors (Lipinski definition) is 2. The van der Waals surface area contributed by atoms with Gasteiger partial charge in [-0.2, -0.15) is 0 Å². The molecule has 1 aromatic carbocycles. The Morgan fingerprint density at radius 1 is 1.16 bits per heavy atom. The van der Waals surface area contributed by atoms with Gasteiger partial charge < -0.3 is 5.32 Å². The summed E-state index contributed by atoms with van der Waals surface area (Å²) in [7, 11) is 2.26. The summed E-state index contributed by atoms with van der Waals surface area (Å²) in [5, 5.41) is 3.58. The van der Waals surface area contributed by atoms with Crippen LogP contribution in [0, 0.1) is 0 Å². The van der Waals surface area contributed by atoms with Crippen LogP contribution < -0.4 is 5.32 Å². The first-order chi connectivity index (χ1) is 9.19. The van der Waals surface area contributed by atoms with Gasteiger partial charge in [0.25, 0.3) is 0 Å². The highest BCUT2D eigenvalue weighted by molar-refractivity contribution is 9.10. The van der Waals surface area contributed by atoms with E-state index >= 15 is 0 Å². The molecule has 0 saturated heterocycles. The van der Waals surface area contributed by atoms with Crippen LogP contribution in [0.5, 0.6) is 0 Å². The zero-order chi connectivity index (χ0) is 13.7. The fraction of sp³-hybridized carbons (Fsp3) is 0.625. The van der Waals surface area contributed by atoms with Gasteiger partial charge in [-0.15, -0.1) is 0 Å². The Labute approximate surface area is 125 Å². The first-order valence-electron chi connectivity index (χ1n) is 7.37. The first-order valence-corrected chi connectivity index (χ1v) is 8.16. The minimum Gasteiger partial charge on any atom is -0.314 e. The Kier molecular flexibility index (Phi) is 5.86. The summed E-state index contributed by atoms with van der Waals surface area (Å²) in [6.45, 7) is 4.36. The van der Waals surface area contributed by atoms with Gasteiger partial charge in [-0.05, 0) is 57.0 Å². The van der Waals surface area contributed by atoms with E-state index in [4.69, 9.17) is 0 Å². The summed E-state index contributed by atoms with van der Waals surface area (Å²) >= 11 is 3.49. The van der Waals surface area contributed by atoms with Crippen molar-refractivity contribution >= 4 is 15.9 Å². The maximum atomic E-state index is 3.58. The quantitative estimate of drug-likeness (QED) is 0.886. The molecule has 0 aromatic heterocycles. The minimum absolute atomic E-state index is 0.749. The van der Waals surface area contributed by atoms with Crippen LogP contribution in [-0.4, -0.2) is 30.6 Å². The van der Waals surface area contributed by atoms with Gasteiger partial charge in [0, 0.05) is 23.1 Å². The lowest BCUT2D eigenvalue weighted by atomic mass is 9.90. The number of nitrogens with one attached hydrogen (secondary N) is 1. The molecular weight excluding hydrogens is 300 g/mol. The van der Waals surface area contributed by atoms with Crippen LogP contribution in [-0.2, 0) is 6.54 Å². The normalized spacial score (nSPS) is 23.8. The lowest BCUT2D eigenvalue weighted by molar-refractivity contribution is 0.168. The van der Waals surface area contributed by atoms with Crippen molar-refractivity contribution < 1.29 is 0 Å². The van der Waals surface area contributed by atoms with E-state index in [1.807, 2.05) is 0 Å². The molecule has 0 spiro atoms. The molecule has 0 unspecified atom stereocenters. The number of nitrogens with zero attached hydrogens (tertiary/aromatic N) is 1. The average molecular weight is 325 g/mol. The van der Waals surface area contributed by atoms with E-state index in [2.05, 4.69) is 64.4 Å². The fourth-order valence-electron chi connectivity index (χ4n) is 3.02. The second kappa shape index (κ2) is 7.41. The second-order valence-electron chi connectivity index (χ2n) is 5.60. The molecule has 0 bridgehead atoms. The number of hydrogen-bond donors (Lipinski definition) is 1. The van der Waals surface area contributed by atoms with Crippen LogP contribution in [0.3, 0.4) is 0 Å². The third kappa shape index (κ3) is 4.59. The molecular formula is C16H25BrN2. The molecule has 106 valence electrons. The Balaban J connectivity index is 1.81. The summed E-state index contributed by atoms with van der Waals surface area (Å²) < 4.78 is 1.16. The predicted molar refractivity (Wildman–Crippen MR) is 85.3 cm³/mol. The lowest BCUT2D eigenvalue weighted by Gasteiger charge is -2.35. The standard InChI is InChI=1S/C16H25BrN2/c1-3-18-15-8-10-16(11-9-15)19(2)12-13-4-6-14(17)7-5-13/h4-7,15-16,18H,3,8-12H2,1-2H3. The van der Waals surface area contributed by atoms with E-state index in [9.17, 15) is 0 Å². The van der Waals surface area contributed by atoms with E-state index in [0.717, 1.165) is 29.6 Å². The van der Waals surface area contributed by atoms with E-state index in [0.29, 0.717) is 0 Å². The van der Waals surface area contributed by atoms with Crippen molar-refractivity contribution in [2.45, 2.75) is 51.2 Å². The van der Waals surface area contributed by atoms with Crippen molar-refractivity contribution in [1.29, 1.82) is 0 Å². The van der Waals surface area contributed by atoms with Crippen LogP contribution in [0.25, 0.3) is 0 Å². The first kappa shape index (κ1) is 15.0. The summed E-state index contributed by atoms with van der Waals surface area (Å²) in [4.78, 5) is 2.52. The molecule has 1 saturated carbocycles. The van der Waals surface area contributed by atoms with E-state index in [-0.39, 0.29) is 0 Å². The van der Waals surface area contributed by atoms with Gasteiger partial charge in [0.2, 0.25) is 0 Å². The maximum Gasteiger partial charge on any atom is 0.0233 e. The van der Waals surface area contributed by atoms with Crippen molar-refractivity contribution in [1.82, 2.24) is 10.2 Å². The number of halogens is 1. The fourth-order valence-corrected chi connectivity index (χ4v) is 3.28. The molecule has 0 atom stereocenters. The van der Waals surface area contributed by atoms with Crippen LogP contribution in [0.4, 0.5) is 0 Å². The summed E-state index contributed by atoms with van der Waals surface area (Å²) in [6, 6.07) is 10.2. The summed E-state index contributed by atoms with van der Waals surface area (Å²) in [5.41, 5.74) is 1.40. The molecule has 1 aliphatic rings. The topological polar surface area (TPSA) is 15.3 Å². The molecule has 1 N–H and O–H groups in total. The average Bonchev–Trinajstić information content (AvgIpc) is 2.42. The molecule has 0 amide bonds. The van der Waals surface area contributed by atoms with Gasteiger partial charge in [-0.25, -0.2) is 0 Å². The molecule has 2 rings (SSSR count). The van der Waals surface area contributed by atoms with Gasteiger partial charge in [0.15, 0.2) is 0 Å². The van der Waals surface area contributed by atoms with Gasteiger partial charge in [0.05, 0.1) is 0 Å². The molecule has 1 aliphatic carbocycles. The second-order valence-corrected chi connectivity index (χ2v) is 6.52. The molecule has 3 heteroatoms. The summed E-state index contributed by atoms with van der Waals surface area (Å²) in [5.74, 6) is 0. The molecule has 1 aromatic rings. The van der Waals surface area contributed by atoms with Crippen molar-refractivity contribution in [2.24, 2.45) is 0 Å². The monoisotopic (exact) mass is 324 g/mol. The molecule has 0 radical (unpaired) electrons. The Morgan fingerprint density at radius 3 is 2.37 bits per heavy atom. The van der Waals surface area contributed by atoms with E-state index < -0.39 is 0 Å². The predicted octanol–water partition coefficient (Wildman–Crippen LogP) is 3.80.